The molecule has 3 aromatic rings. The summed E-state index contributed by atoms with van der Waals surface area (Å²) in [6.07, 6.45) is 5.68. The van der Waals surface area contributed by atoms with E-state index in [2.05, 4.69) is 26.2 Å². The van der Waals surface area contributed by atoms with Crippen LogP contribution in [0, 0.1) is 5.92 Å². The maximum absolute atomic E-state index is 12.4. The van der Waals surface area contributed by atoms with Crippen molar-refractivity contribution in [2.24, 2.45) is 5.92 Å². The lowest BCUT2D eigenvalue weighted by molar-refractivity contribution is -0.119. The van der Waals surface area contributed by atoms with Crippen LogP contribution in [0.2, 0.25) is 0 Å². The molecule has 0 spiro atoms. The third-order valence-electron chi connectivity index (χ3n) is 5.12. The summed E-state index contributed by atoms with van der Waals surface area (Å²) in [6, 6.07) is 14.6. The van der Waals surface area contributed by atoms with E-state index >= 15 is 0 Å². The van der Waals surface area contributed by atoms with Crippen molar-refractivity contribution >= 4 is 17.5 Å². The van der Waals surface area contributed by atoms with Crippen LogP contribution in [0.1, 0.15) is 41.6 Å². The average molecular weight is 390 g/mol. The highest BCUT2D eigenvalue weighted by molar-refractivity contribution is 5.94. The van der Waals surface area contributed by atoms with E-state index in [9.17, 15) is 9.59 Å². The molecule has 2 N–H and O–H groups in total. The van der Waals surface area contributed by atoms with Gasteiger partial charge < -0.3 is 10.6 Å². The number of hydrogen-bond acceptors (Lipinski definition) is 5. The first-order valence-electron chi connectivity index (χ1n) is 9.70. The predicted molar refractivity (Wildman–Crippen MR) is 107 cm³/mol. The Bertz CT molecular complexity index is 979. The van der Waals surface area contributed by atoms with Crippen LogP contribution >= 0.6 is 0 Å². The van der Waals surface area contributed by atoms with Gasteiger partial charge in [0.15, 0.2) is 0 Å². The second-order valence-electron chi connectivity index (χ2n) is 7.15. The van der Waals surface area contributed by atoms with Crippen LogP contribution < -0.4 is 10.6 Å². The van der Waals surface area contributed by atoms with Crippen LogP contribution in [0.25, 0.3) is 5.69 Å². The highest BCUT2D eigenvalue weighted by atomic mass is 16.2. The van der Waals surface area contributed by atoms with Crippen LogP contribution in [0.4, 0.5) is 5.69 Å². The van der Waals surface area contributed by atoms with Crippen molar-refractivity contribution in [2.75, 3.05) is 5.32 Å². The second kappa shape index (κ2) is 8.64. The van der Waals surface area contributed by atoms with Gasteiger partial charge in [-0.2, -0.15) is 0 Å². The molecule has 1 aliphatic carbocycles. The zero-order valence-corrected chi connectivity index (χ0v) is 15.9. The number of anilines is 1. The zero-order valence-electron chi connectivity index (χ0n) is 15.9. The van der Waals surface area contributed by atoms with Gasteiger partial charge in [-0.05, 0) is 65.2 Å². The zero-order chi connectivity index (χ0) is 20.1. The first kappa shape index (κ1) is 18.8. The Morgan fingerprint density at radius 2 is 1.86 bits per heavy atom. The minimum atomic E-state index is -0.173. The highest BCUT2D eigenvalue weighted by Gasteiger charge is 2.22. The molecule has 8 heteroatoms. The van der Waals surface area contributed by atoms with Crippen LogP contribution in [0.3, 0.4) is 0 Å². The Morgan fingerprint density at radius 1 is 1.07 bits per heavy atom. The fourth-order valence-electron chi connectivity index (χ4n) is 3.52. The fraction of sp³-hybridized carbons (Fsp3) is 0.286. The van der Waals surface area contributed by atoms with E-state index in [1.807, 2.05) is 24.3 Å². The Labute approximate surface area is 168 Å². The Morgan fingerprint density at radius 3 is 2.59 bits per heavy atom. The molecule has 1 heterocycles. The second-order valence-corrected chi connectivity index (χ2v) is 7.15. The number of benzene rings is 2. The molecule has 0 radical (unpaired) electrons. The van der Waals surface area contributed by atoms with Crippen molar-refractivity contribution < 1.29 is 9.59 Å². The molecule has 1 fully saturated rings. The maximum Gasteiger partial charge on any atom is 0.251 e. The minimum Gasteiger partial charge on any atom is -0.348 e. The molecule has 148 valence electrons. The van der Waals surface area contributed by atoms with Crippen molar-refractivity contribution in [3.05, 3.63) is 66.0 Å². The number of aromatic nitrogens is 4. The van der Waals surface area contributed by atoms with Crippen molar-refractivity contribution in [2.45, 2.75) is 32.2 Å². The molecule has 29 heavy (non-hydrogen) atoms. The summed E-state index contributed by atoms with van der Waals surface area (Å²) in [5, 5.41) is 16.9. The molecule has 0 atom stereocenters. The maximum atomic E-state index is 12.4. The monoisotopic (exact) mass is 390 g/mol. The molecular weight excluding hydrogens is 368 g/mol. The van der Waals surface area contributed by atoms with Crippen molar-refractivity contribution in [1.29, 1.82) is 0 Å². The highest BCUT2D eigenvalue weighted by Crippen LogP contribution is 2.26. The first-order chi connectivity index (χ1) is 14.2. The van der Waals surface area contributed by atoms with Gasteiger partial charge in [0.05, 0.1) is 5.69 Å². The molecule has 1 saturated carbocycles. The van der Waals surface area contributed by atoms with Gasteiger partial charge in [0.25, 0.3) is 5.91 Å². The SMILES string of the molecule is O=C(NCc1cccc(NC(=O)C2CCCC2)c1)c1ccc(-n2cnnn2)cc1. The van der Waals surface area contributed by atoms with Gasteiger partial charge in [0, 0.05) is 23.7 Å². The third-order valence-corrected chi connectivity index (χ3v) is 5.12. The summed E-state index contributed by atoms with van der Waals surface area (Å²) in [6.45, 7) is 0.376. The molecule has 4 rings (SSSR count). The van der Waals surface area contributed by atoms with Gasteiger partial charge in [0.1, 0.15) is 6.33 Å². The van der Waals surface area contributed by atoms with Crippen molar-refractivity contribution in [3.8, 4) is 5.69 Å². The van der Waals surface area contributed by atoms with Crippen molar-refractivity contribution in [1.82, 2.24) is 25.5 Å². The molecule has 0 aliphatic heterocycles. The third kappa shape index (κ3) is 4.66. The number of amides is 2. The van der Waals surface area contributed by atoms with E-state index in [0.29, 0.717) is 12.1 Å². The largest absolute Gasteiger partial charge is 0.348 e. The van der Waals surface area contributed by atoms with Gasteiger partial charge in [0.2, 0.25) is 5.91 Å². The summed E-state index contributed by atoms with van der Waals surface area (Å²) in [5.74, 6) is 0.0367. The lowest BCUT2D eigenvalue weighted by Crippen LogP contribution is -2.23. The van der Waals surface area contributed by atoms with Crippen LogP contribution in [0.5, 0.6) is 0 Å². The van der Waals surface area contributed by atoms with E-state index in [1.54, 1.807) is 24.3 Å². The first-order valence-corrected chi connectivity index (χ1v) is 9.70. The molecule has 2 aromatic carbocycles. The normalized spacial score (nSPS) is 13.9. The van der Waals surface area contributed by atoms with Gasteiger partial charge >= 0.3 is 0 Å². The molecular formula is C21H22N6O2. The lowest BCUT2D eigenvalue weighted by Gasteiger charge is -2.12. The van der Waals surface area contributed by atoms with Crippen LogP contribution in [0.15, 0.2) is 54.9 Å². The Kier molecular flexibility index (Phi) is 5.60. The fourth-order valence-corrected chi connectivity index (χ4v) is 3.52. The van der Waals surface area contributed by atoms with Crippen LogP contribution in [-0.2, 0) is 11.3 Å². The standard InChI is InChI=1S/C21H22N6O2/c28-20(17-8-10-19(11-9-17)27-14-23-25-26-27)22-13-15-4-3-7-18(12-15)24-21(29)16-5-1-2-6-16/h3-4,7-12,14,16H,1-2,5-6,13H2,(H,22,28)(H,24,29). The quantitative estimate of drug-likeness (QED) is 0.674. The summed E-state index contributed by atoms with van der Waals surface area (Å²) in [5.41, 5.74) is 3.01. The number of carbonyl (C=O) groups excluding carboxylic acids is 2. The lowest BCUT2D eigenvalue weighted by atomic mass is 10.1. The minimum absolute atomic E-state index is 0.0892. The Balaban J connectivity index is 1.33. The number of tetrazole rings is 1. The van der Waals surface area contributed by atoms with E-state index in [0.717, 1.165) is 42.6 Å². The number of nitrogens with zero attached hydrogens (tertiary/aromatic N) is 4. The molecule has 0 unspecified atom stereocenters. The van der Waals surface area contributed by atoms with E-state index in [1.165, 1.54) is 11.0 Å². The van der Waals surface area contributed by atoms with E-state index < -0.39 is 0 Å². The van der Waals surface area contributed by atoms with Gasteiger partial charge in [-0.3, -0.25) is 9.59 Å². The summed E-state index contributed by atoms with van der Waals surface area (Å²) < 4.78 is 1.52. The van der Waals surface area contributed by atoms with Gasteiger partial charge in [-0.1, -0.05) is 25.0 Å². The number of hydrogen-bond donors (Lipinski definition) is 2. The van der Waals surface area contributed by atoms with Crippen molar-refractivity contribution in [3.63, 3.8) is 0 Å². The van der Waals surface area contributed by atoms with E-state index in [4.69, 9.17) is 0 Å². The predicted octanol–water partition coefficient (Wildman–Crippen LogP) is 2.72. The summed E-state index contributed by atoms with van der Waals surface area (Å²) in [4.78, 5) is 24.7. The molecule has 0 bridgehead atoms. The number of nitrogens with one attached hydrogen (secondary N) is 2. The Hall–Kier alpha value is -3.55. The van der Waals surface area contributed by atoms with Crippen LogP contribution in [-0.4, -0.2) is 32.0 Å². The topological polar surface area (TPSA) is 102 Å². The molecule has 0 saturated heterocycles. The van der Waals surface area contributed by atoms with E-state index in [-0.39, 0.29) is 17.7 Å². The number of carbonyl (C=O) groups is 2. The molecule has 2 amide bonds. The smallest absolute Gasteiger partial charge is 0.251 e. The number of rotatable bonds is 6. The summed E-state index contributed by atoms with van der Waals surface area (Å²) in [7, 11) is 0. The van der Waals surface area contributed by atoms with Gasteiger partial charge in [-0.15, -0.1) is 5.10 Å². The molecule has 1 aromatic heterocycles. The summed E-state index contributed by atoms with van der Waals surface area (Å²) >= 11 is 0. The van der Waals surface area contributed by atoms with Gasteiger partial charge in [-0.25, -0.2) is 4.68 Å². The average Bonchev–Trinajstić information content (AvgIpc) is 3.47. The molecule has 8 nitrogen and oxygen atoms in total. The molecule has 1 aliphatic rings.